The molecule has 0 bridgehead atoms. The van der Waals surface area contributed by atoms with Gasteiger partial charge >= 0.3 is 11.9 Å². The number of hydrogen-bond donors (Lipinski definition) is 1. The highest BCUT2D eigenvalue weighted by atomic mass is 16.5. The maximum atomic E-state index is 10.6. The Hall–Kier alpha value is -1.36. The van der Waals surface area contributed by atoms with Gasteiger partial charge in [-0.25, -0.2) is 4.79 Å². The molecule has 0 aliphatic heterocycles. The zero-order valence-corrected chi connectivity index (χ0v) is 8.25. The van der Waals surface area contributed by atoms with Crippen molar-refractivity contribution in [3.05, 3.63) is 12.7 Å². The summed E-state index contributed by atoms with van der Waals surface area (Å²) >= 11 is 0. The number of ether oxygens (including phenoxy) is 2. The lowest BCUT2D eigenvalue weighted by molar-refractivity contribution is -0.140. The van der Waals surface area contributed by atoms with E-state index in [1.54, 1.807) is 0 Å². The maximum Gasteiger partial charge on any atom is 0.330 e. The van der Waals surface area contributed by atoms with Crippen molar-refractivity contribution in [3.63, 3.8) is 0 Å². The van der Waals surface area contributed by atoms with Crippen LogP contribution in [0, 0.1) is 0 Å². The van der Waals surface area contributed by atoms with E-state index in [9.17, 15) is 9.59 Å². The van der Waals surface area contributed by atoms with Crippen LogP contribution in [0.3, 0.4) is 0 Å². The van der Waals surface area contributed by atoms with Gasteiger partial charge in [0.1, 0.15) is 13.2 Å². The zero-order chi connectivity index (χ0) is 10.8. The Morgan fingerprint density at radius 3 is 2.36 bits per heavy atom. The second kappa shape index (κ2) is 8.25. The molecule has 0 fully saturated rings. The first-order valence-corrected chi connectivity index (χ1v) is 4.30. The number of rotatable bonds is 7. The molecule has 0 atom stereocenters. The van der Waals surface area contributed by atoms with E-state index in [4.69, 9.17) is 4.74 Å². The maximum absolute atomic E-state index is 10.6. The Bertz CT molecular complexity index is 203. The van der Waals surface area contributed by atoms with Crippen LogP contribution >= 0.6 is 0 Å². The van der Waals surface area contributed by atoms with E-state index in [1.165, 1.54) is 6.92 Å². The van der Waals surface area contributed by atoms with Gasteiger partial charge in [-0.15, -0.1) is 0 Å². The first-order chi connectivity index (χ1) is 6.66. The van der Waals surface area contributed by atoms with Crippen molar-refractivity contribution in [3.8, 4) is 0 Å². The van der Waals surface area contributed by atoms with Gasteiger partial charge in [0.25, 0.3) is 0 Å². The standard InChI is InChI=1S/C9H15NO4/c1-3-9(12)14-7-5-10-4-6-13-8(2)11/h3,10H,1,4-7H2,2H3. The molecule has 0 saturated carbocycles. The fraction of sp³-hybridized carbons (Fsp3) is 0.556. The number of nitrogens with one attached hydrogen (secondary N) is 1. The normalized spacial score (nSPS) is 9.21. The van der Waals surface area contributed by atoms with Crippen molar-refractivity contribution in [1.29, 1.82) is 0 Å². The van der Waals surface area contributed by atoms with Gasteiger partial charge in [-0.05, 0) is 0 Å². The molecule has 0 radical (unpaired) electrons. The third-order valence-electron chi connectivity index (χ3n) is 1.27. The molecule has 0 unspecified atom stereocenters. The summed E-state index contributed by atoms with van der Waals surface area (Å²) in [7, 11) is 0. The quantitative estimate of drug-likeness (QED) is 0.353. The minimum absolute atomic E-state index is 0.283. The van der Waals surface area contributed by atoms with Crippen LogP contribution in [-0.2, 0) is 19.1 Å². The van der Waals surface area contributed by atoms with Crippen molar-refractivity contribution in [2.75, 3.05) is 26.3 Å². The van der Waals surface area contributed by atoms with Crippen LogP contribution in [0.2, 0.25) is 0 Å². The smallest absolute Gasteiger partial charge is 0.330 e. The molecule has 0 aliphatic carbocycles. The van der Waals surface area contributed by atoms with Gasteiger partial charge in [-0.1, -0.05) is 6.58 Å². The number of carbonyl (C=O) groups excluding carboxylic acids is 2. The minimum Gasteiger partial charge on any atom is -0.465 e. The van der Waals surface area contributed by atoms with Crippen LogP contribution in [0.15, 0.2) is 12.7 Å². The molecular weight excluding hydrogens is 186 g/mol. The molecule has 0 rings (SSSR count). The highest BCUT2D eigenvalue weighted by Crippen LogP contribution is 1.78. The van der Waals surface area contributed by atoms with Crippen LogP contribution in [-0.4, -0.2) is 38.2 Å². The number of carbonyl (C=O) groups is 2. The average molecular weight is 201 g/mol. The monoisotopic (exact) mass is 201 g/mol. The van der Waals surface area contributed by atoms with Gasteiger partial charge in [-0.2, -0.15) is 0 Å². The second-order valence-corrected chi connectivity index (χ2v) is 2.46. The van der Waals surface area contributed by atoms with Crippen molar-refractivity contribution in [2.45, 2.75) is 6.92 Å². The Morgan fingerprint density at radius 2 is 1.86 bits per heavy atom. The molecule has 0 aliphatic rings. The van der Waals surface area contributed by atoms with Gasteiger partial charge in [0.15, 0.2) is 0 Å². The molecule has 5 nitrogen and oxygen atoms in total. The molecule has 0 heterocycles. The Kier molecular flexibility index (Phi) is 7.45. The van der Waals surface area contributed by atoms with Crippen LogP contribution in [0.1, 0.15) is 6.92 Å². The third-order valence-corrected chi connectivity index (χ3v) is 1.27. The second-order valence-electron chi connectivity index (χ2n) is 2.46. The highest BCUT2D eigenvalue weighted by Gasteiger charge is 1.95. The summed E-state index contributed by atoms with van der Waals surface area (Å²) in [6.45, 7) is 6.29. The molecular formula is C9H15NO4. The molecule has 1 N–H and O–H groups in total. The van der Waals surface area contributed by atoms with Gasteiger partial charge < -0.3 is 14.8 Å². The van der Waals surface area contributed by atoms with Crippen LogP contribution in [0.25, 0.3) is 0 Å². The van der Waals surface area contributed by atoms with E-state index in [-0.39, 0.29) is 12.6 Å². The largest absolute Gasteiger partial charge is 0.465 e. The summed E-state index contributed by atoms with van der Waals surface area (Å²) < 4.78 is 9.36. The van der Waals surface area contributed by atoms with Crippen molar-refractivity contribution in [1.82, 2.24) is 5.32 Å². The fourth-order valence-corrected chi connectivity index (χ4v) is 0.675. The van der Waals surface area contributed by atoms with Crippen molar-refractivity contribution >= 4 is 11.9 Å². The summed E-state index contributed by atoms with van der Waals surface area (Å²) in [5, 5.41) is 2.93. The molecule has 0 amide bonds. The first kappa shape index (κ1) is 12.6. The highest BCUT2D eigenvalue weighted by molar-refractivity contribution is 5.81. The molecule has 5 heteroatoms. The molecule has 0 aromatic carbocycles. The van der Waals surface area contributed by atoms with E-state index in [1.807, 2.05) is 0 Å². The van der Waals surface area contributed by atoms with E-state index >= 15 is 0 Å². The summed E-state index contributed by atoms with van der Waals surface area (Å²) in [4.78, 5) is 20.9. The summed E-state index contributed by atoms with van der Waals surface area (Å²) in [6, 6.07) is 0. The van der Waals surface area contributed by atoms with E-state index < -0.39 is 5.97 Å². The van der Waals surface area contributed by atoms with E-state index in [2.05, 4.69) is 16.6 Å². The van der Waals surface area contributed by atoms with Crippen LogP contribution < -0.4 is 5.32 Å². The SMILES string of the molecule is C=CC(=O)OCCNCCOC(C)=O. The van der Waals surface area contributed by atoms with E-state index in [0.29, 0.717) is 19.7 Å². The molecule has 0 saturated heterocycles. The Balaban J connectivity index is 3.10. The predicted octanol–water partition coefficient (Wildman–Crippen LogP) is -0.132. The molecule has 0 aromatic rings. The lowest BCUT2D eigenvalue weighted by atomic mass is 10.6. The summed E-state index contributed by atoms with van der Waals surface area (Å²) in [5.74, 6) is -0.739. The minimum atomic E-state index is -0.438. The lowest BCUT2D eigenvalue weighted by Gasteiger charge is -2.04. The molecule has 14 heavy (non-hydrogen) atoms. The fourth-order valence-electron chi connectivity index (χ4n) is 0.675. The summed E-state index contributed by atoms with van der Waals surface area (Å²) in [6.07, 6.45) is 1.11. The van der Waals surface area contributed by atoms with Crippen LogP contribution in [0.5, 0.6) is 0 Å². The number of esters is 2. The average Bonchev–Trinajstić information content (AvgIpc) is 2.15. The zero-order valence-electron chi connectivity index (χ0n) is 8.25. The molecule has 80 valence electrons. The van der Waals surface area contributed by atoms with E-state index in [0.717, 1.165) is 6.08 Å². The first-order valence-electron chi connectivity index (χ1n) is 4.30. The molecule has 0 aromatic heterocycles. The third kappa shape index (κ3) is 8.73. The van der Waals surface area contributed by atoms with Gasteiger partial charge in [0.05, 0.1) is 0 Å². The lowest BCUT2D eigenvalue weighted by Crippen LogP contribution is -2.25. The van der Waals surface area contributed by atoms with Gasteiger partial charge in [0, 0.05) is 26.1 Å². The van der Waals surface area contributed by atoms with Gasteiger partial charge in [-0.3, -0.25) is 4.79 Å². The predicted molar refractivity (Wildman–Crippen MR) is 50.7 cm³/mol. The van der Waals surface area contributed by atoms with Crippen LogP contribution in [0.4, 0.5) is 0 Å². The van der Waals surface area contributed by atoms with Gasteiger partial charge in [0.2, 0.25) is 0 Å². The van der Waals surface area contributed by atoms with Crippen molar-refractivity contribution in [2.24, 2.45) is 0 Å². The van der Waals surface area contributed by atoms with Crippen molar-refractivity contribution < 1.29 is 19.1 Å². The Labute approximate surface area is 83.1 Å². The summed E-state index contributed by atoms with van der Waals surface area (Å²) in [5.41, 5.74) is 0. The topological polar surface area (TPSA) is 64.6 Å². The number of hydrogen-bond acceptors (Lipinski definition) is 5. The Morgan fingerprint density at radius 1 is 1.29 bits per heavy atom. The molecule has 0 spiro atoms.